The molecule has 5 heteroatoms. The lowest BCUT2D eigenvalue weighted by molar-refractivity contribution is -0.115. The van der Waals surface area contributed by atoms with E-state index in [4.69, 9.17) is 0 Å². The molecule has 1 heterocycles. The average Bonchev–Trinajstić information content (AvgIpc) is 2.65. The van der Waals surface area contributed by atoms with Crippen molar-refractivity contribution in [2.24, 2.45) is 0 Å². The number of amides is 1. The molecule has 1 atom stereocenters. The Bertz CT molecular complexity index is 957. The normalized spacial score (nSPS) is 11.9. The number of rotatable bonds is 5. The molecule has 0 spiro atoms. The largest absolute Gasteiger partial charge is 0.325 e. The van der Waals surface area contributed by atoms with Gasteiger partial charge in [0.2, 0.25) is 5.91 Å². The molecule has 3 aromatic rings. The van der Waals surface area contributed by atoms with Crippen LogP contribution in [0.25, 0.3) is 11.3 Å². The van der Waals surface area contributed by atoms with E-state index in [0.29, 0.717) is 5.82 Å². The van der Waals surface area contributed by atoms with Gasteiger partial charge in [-0.25, -0.2) is 9.97 Å². The Hall–Kier alpha value is -2.66. The molecule has 0 saturated carbocycles. The van der Waals surface area contributed by atoms with Gasteiger partial charge in [0.1, 0.15) is 10.9 Å². The highest BCUT2D eigenvalue weighted by Crippen LogP contribution is 2.27. The van der Waals surface area contributed by atoms with Crippen LogP contribution in [0.1, 0.15) is 23.9 Å². The molecule has 1 amide bonds. The minimum absolute atomic E-state index is 0.0359. The number of hydrogen-bond acceptors (Lipinski definition) is 4. The predicted molar refractivity (Wildman–Crippen MR) is 112 cm³/mol. The van der Waals surface area contributed by atoms with Crippen LogP contribution < -0.4 is 5.32 Å². The van der Waals surface area contributed by atoms with Crippen LogP contribution in [0.3, 0.4) is 0 Å². The standard InChI is InChI=1S/C22H23N3OS/c1-14-9-8-12-19(15(14)2)25-22(26)16(3)27-21-13-20(23-17(4)24-21)18-10-6-5-7-11-18/h5-13,16H,1-4H3,(H,25,26)/t16-/m1/s1. The Morgan fingerprint density at radius 3 is 2.48 bits per heavy atom. The topological polar surface area (TPSA) is 54.9 Å². The first-order chi connectivity index (χ1) is 12.9. The van der Waals surface area contributed by atoms with Crippen LogP contribution in [-0.2, 0) is 4.79 Å². The maximum atomic E-state index is 12.6. The number of aryl methyl sites for hydroxylation is 2. The second-order valence-corrected chi connectivity index (χ2v) is 7.86. The Balaban J connectivity index is 1.75. The smallest absolute Gasteiger partial charge is 0.237 e. The van der Waals surface area contributed by atoms with E-state index in [1.807, 2.05) is 82.3 Å². The van der Waals surface area contributed by atoms with Crippen molar-refractivity contribution < 1.29 is 4.79 Å². The minimum atomic E-state index is -0.275. The lowest BCUT2D eigenvalue weighted by atomic mass is 10.1. The number of carbonyl (C=O) groups is 1. The Labute approximate surface area is 164 Å². The van der Waals surface area contributed by atoms with Crippen molar-refractivity contribution in [3.63, 3.8) is 0 Å². The van der Waals surface area contributed by atoms with Gasteiger partial charge in [-0.05, 0) is 51.0 Å². The fourth-order valence-electron chi connectivity index (χ4n) is 2.71. The molecule has 0 unspecified atom stereocenters. The maximum absolute atomic E-state index is 12.6. The highest BCUT2D eigenvalue weighted by molar-refractivity contribution is 8.00. The molecule has 138 valence electrons. The van der Waals surface area contributed by atoms with Gasteiger partial charge in [0.15, 0.2) is 0 Å². The number of hydrogen-bond donors (Lipinski definition) is 1. The molecule has 0 fully saturated rings. The number of anilines is 1. The number of aromatic nitrogens is 2. The van der Waals surface area contributed by atoms with Crippen molar-refractivity contribution >= 4 is 23.4 Å². The van der Waals surface area contributed by atoms with Gasteiger partial charge >= 0.3 is 0 Å². The van der Waals surface area contributed by atoms with E-state index in [1.165, 1.54) is 11.8 Å². The van der Waals surface area contributed by atoms with Crippen molar-refractivity contribution in [3.05, 3.63) is 71.5 Å². The second kappa shape index (κ2) is 8.35. The Morgan fingerprint density at radius 1 is 1.00 bits per heavy atom. The molecule has 0 saturated heterocycles. The third kappa shape index (κ3) is 4.74. The quantitative estimate of drug-likeness (QED) is 0.491. The number of thioether (sulfide) groups is 1. The van der Waals surface area contributed by atoms with Gasteiger partial charge in [0, 0.05) is 11.3 Å². The average molecular weight is 378 g/mol. The fourth-order valence-corrected chi connectivity index (χ4v) is 3.61. The van der Waals surface area contributed by atoms with Crippen LogP contribution in [0, 0.1) is 20.8 Å². The summed E-state index contributed by atoms with van der Waals surface area (Å²) in [6.45, 7) is 7.82. The van der Waals surface area contributed by atoms with E-state index in [1.54, 1.807) is 0 Å². The van der Waals surface area contributed by atoms with E-state index >= 15 is 0 Å². The first kappa shape index (κ1) is 19.1. The zero-order valence-electron chi connectivity index (χ0n) is 16.0. The SMILES string of the molecule is Cc1nc(S[C@H](C)C(=O)Nc2cccc(C)c2C)cc(-c2ccccc2)n1. The zero-order chi connectivity index (χ0) is 19.4. The third-order valence-electron chi connectivity index (χ3n) is 4.41. The summed E-state index contributed by atoms with van der Waals surface area (Å²) in [5, 5.41) is 3.55. The summed E-state index contributed by atoms with van der Waals surface area (Å²) in [6, 6.07) is 17.9. The summed E-state index contributed by atoms with van der Waals surface area (Å²) in [6.07, 6.45) is 0. The minimum Gasteiger partial charge on any atom is -0.325 e. The van der Waals surface area contributed by atoms with Gasteiger partial charge in [0.05, 0.1) is 10.9 Å². The molecule has 1 aromatic heterocycles. The van der Waals surface area contributed by atoms with Crippen LogP contribution in [0.4, 0.5) is 5.69 Å². The maximum Gasteiger partial charge on any atom is 0.237 e. The number of nitrogens with one attached hydrogen (secondary N) is 1. The first-order valence-corrected chi connectivity index (χ1v) is 9.77. The highest BCUT2D eigenvalue weighted by Gasteiger charge is 2.17. The molecular weight excluding hydrogens is 354 g/mol. The van der Waals surface area contributed by atoms with Crippen molar-refractivity contribution in [3.8, 4) is 11.3 Å². The molecule has 27 heavy (non-hydrogen) atoms. The van der Waals surface area contributed by atoms with Gasteiger partial charge in [-0.15, -0.1) is 0 Å². The lowest BCUT2D eigenvalue weighted by Crippen LogP contribution is -2.23. The molecule has 0 aliphatic carbocycles. The summed E-state index contributed by atoms with van der Waals surface area (Å²) in [5.74, 6) is 0.659. The Morgan fingerprint density at radius 2 is 1.74 bits per heavy atom. The molecule has 0 radical (unpaired) electrons. The predicted octanol–water partition coefficient (Wildman–Crippen LogP) is 5.19. The van der Waals surface area contributed by atoms with Crippen LogP contribution in [0.5, 0.6) is 0 Å². The Kier molecular flexibility index (Phi) is 5.91. The molecule has 0 aliphatic rings. The van der Waals surface area contributed by atoms with Crippen LogP contribution in [0.2, 0.25) is 0 Å². The van der Waals surface area contributed by atoms with E-state index in [0.717, 1.165) is 33.1 Å². The fraction of sp³-hybridized carbons (Fsp3) is 0.227. The van der Waals surface area contributed by atoms with Crippen molar-refractivity contribution in [1.82, 2.24) is 9.97 Å². The summed E-state index contributed by atoms with van der Waals surface area (Å²) >= 11 is 1.44. The van der Waals surface area contributed by atoms with Crippen molar-refractivity contribution in [2.75, 3.05) is 5.32 Å². The molecular formula is C22H23N3OS. The summed E-state index contributed by atoms with van der Waals surface area (Å²) < 4.78 is 0. The summed E-state index contributed by atoms with van der Waals surface area (Å²) in [4.78, 5) is 21.7. The van der Waals surface area contributed by atoms with E-state index in [2.05, 4.69) is 15.3 Å². The molecule has 1 N–H and O–H groups in total. The number of benzene rings is 2. The molecule has 4 nitrogen and oxygen atoms in total. The van der Waals surface area contributed by atoms with Crippen molar-refractivity contribution in [1.29, 1.82) is 0 Å². The van der Waals surface area contributed by atoms with Gasteiger partial charge in [-0.3, -0.25) is 4.79 Å². The molecule has 2 aromatic carbocycles. The number of carbonyl (C=O) groups excluding carboxylic acids is 1. The van der Waals surface area contributed by atoms with Gasteiger partial charge in [-0.2, -0.15) is 0 Å². The first-order valence-electron chi connectivity index (χ1n) is 8.89. The van der Waals surface area contributed by atoms with Gasteiger partial charge in [-0.1, -0.05) is 54.2 Å². The molecule has 3 rings (SSSR count). The van der Waals surface area contributed by atoms with Gasteiger partial charge in [0.25, 0.3) is 0 Å². The third-order valence-corrected chi connectivity index (χ3v) is 5.43. The summed E-state index contributed by atoms with van der Waals surface area (Å²) in [7, 11) is 0. The van der Waals surface area contributed by atoms with E-state index in [-0.39, 0.29) is 11.2 Å². The van der Waals surface area contributed by atoms with E-state index in [9.17, 15) is 4.79 Å². The molecule has 0 bridgehead atoms. The lowest BCUT2D eigenvalue weighted by Gasteiger charge is -2.15. The highest BCUT2D eigenvalue weighted by atomic mass is 32.2. The summed E-state index contributed by atoms with van der Waals surface area (Å²) in [5.41, 5.74) is 5.01. The monoisotopic (exact) mass is 377 g/mol. The number of nitrogens with zero attached hydrogens (tertiary/aromatic N) is 2. The zero-order valence-corrected chi connectivity index (χ0v) is 16.8. The second-order valence-electron chi connectivity index (χ2n) is 6.50. The van der Waals surface area contributed by atoms with E-state index < -0.39 is 0 Å². The van der Waals surface area contributed by atoms with Gasteiger partial charge < -0.3 is 5.32 Å². The van der Waals surface area contributed by atoms with Crippen LogP contribution in [0.15, 0.2) is 59.6 Å². The van der Waals surface area contributed by atoms with Crippen LogP contribution in [-0.4, -0.2) is 21.1 Å². The van der Waals surface area contributed by atoms with Crippen LogP contribution >= 0.6 is 11.8 Å². The molecule has 0 aliphatic heterocycles. The van der Waals surface area contributed by atoms with Crippen molar-refractivity contribution in [2.45, 2.75) is 38.0 Å².